The Morgan fingerprint density at radius 1 is 1.57 bits per heavy atom. The first kappa shape index (κ1) is 10.7. The van der Waals surface area contributed by atoms with Crippen LogP contribution in [0.2, 0.25) is 0 Å². The minimum absolute atomic E-state index is 0.554. The van der Waals surface area contributed by atoms with Crippen LogP contribution in [0.1, 0.15) is 19.8 Å². The second-order valence-corrected chi connectivity index (χ2v) is 2.87. The van der Waals surface area contributed by atoms with E-state index >= 15 is 0 Å². The molecule has 1 amide bonds. The van der Waals surface area contributed by atoms with Crippen LogP contribution in [0.5, 0.6) is 0 Å². The summed E-state index contributed by atoms with van der Waals surface area (Å²) in [5, 5.41) is 1.20. The number of nitrogens with zero attached hydrogens (tertiary/aromatic N) is 1. The molecule has 1 aromatic rings. The van der Waals surface area contributed by atoms with Gasteiger partial charge in [-0.1, -0.05) is 31.5 Å². The first-order chi connectivity index (χ1) is 6.88. The Balaban J connectivity index is 2.50. The van der Waals surface area contributed by atoms with Gasteiger partial charge in [0.05, 0.1) is 12.3 Å². The second-order valence-electron chi connectivity index (χ2n) is 2.87. The largest absolute Gasteiger partial charge is 0.276 e. The molecule has 0 fully saturated rings. The van der Waals surface area contributed by atoms with Crippen LogP contribution >= 0.6 is 0 Å². The Hall–Kier alpha value is -1.35. The van der Waals surface area contributed by atoms with Crippen molar-refractivity contribution in [3.63, 3.8) is 0 Å². The molecule has 3 nitrogen and oxygen atoms in total. The molecule has 1 aromatic carbocycles. The molecule has 0 atom stereocenters. The number of hydrogen-bond donors (Lipinski definition) is 0. The van der Waals surface area contributed by atoms with Crippen molar-refractivity contribution in [3.8, 4) is 0 Å². The maximum atomic E-state index is 10.7. The zero-order chi connectivity index (χ0) is 10.2. The van der Waals surface area contributed by atoms with Crippen LogP contribution in [-0.2, 0) is 9.63 Å². The number of carbonyl (C=O) groups is 1. The van der Waals surface area contributed by atoms with Gasteiger partial charge in [-0.05, 0) is 12.5 Å². The normalized spacial score (nSPS) is 9.79. The lowest BCUT2D eigenvalue weighted by atomic mass is 10.3. The van der Waals surface area contributed by atoms with Crippen molar-refractivity contribution in [1.82, 2.24) is 0 Å². The molecule has 0 N–H and O–H groups in total. The van der Waals surface area contributed by atoms with Gasteiger partial charge in [0, 0.05) is 6.07 Å². The molecule has 1 rings (SSSR count). The highest BCUT2D eigenvalue weighted by Crippen LogP contribution is 2.10. The lowest BCUT2D eigenvalue weighted by Crippen LogP contribution is -2.22. The number of rotatable bonds is 6. The smallest absolute Gasteiger partial charge is 0.238 e. The maximum Gasteiger partial charge on any atom is 0.238 e. The molecule has 0 aliphatic rings. The standard InChI is InChI=1S/C11H14NO2/c1-2-3-9-14-12(10-13)11-7-5-4-6-8-11/h4-7,10H,2-3,9H2,1H3. The van der Waals surface area contributed by atoms with Gasteiger partial charge in [0.1, 0.15) is 0 Å². The van der Waals surface area contributed by atoms with E-state index in [0.717, 1.165) is 12.8 Å². The molecule has 0 unspecified atom stereocenters. The monoisotopic (exact) mass is 192 g/mol. The van der Waals surface area contributed by atoms with Crippen molar-refractivity contribution in [1.29, 1.82) is 0 Å². The molecule has 0 saturated carbocycles. The van der Waals surface area contributed by atoms with Gasteiger partial charge in [0.15, 0.2) is 0 Å². The number of amides is 1. The van der Waals surface area contributed by atoms with Gasteiger partial charge < -0.3 is 0 Å². The van der Waals surface area contributed by atoms with Gasteiger partial charge in [-0.2, -0.15) is 5.06 Å². The summed E-state index contributed by atoms with van der Waals surface area (Å²) >= 11 is 0. The lowest BCUT2D eigenvalue weighted by Gasteiger charge is -2.15. The third kappa shape index (κ3) is 3.18. The number of hydrogen-bond acceptors (Lipinski definition) is 2. The molecule has 1 radical (unpaired) electrons. The maximum absolute atomic E-state index is 10.7. The fourth-order valence-electron chi connectivity index (χ4n) is 0.985. The third-order valence-electron chi connectivity index (χ3n) is 1.75. The molecule has 0 aliphatic heterocycles. The van der Waals surface area contributed by atoms with Crippen molar-refractivity contribution in [2.75, 3.05) is 11.7 Å². The average molecular weight is 192 g/mol. The van der Waals surface area contributed by atoms with E-state index in [4.69, 9.17) is 4.84 Å². The van der Waals surface area contributed by atoms with E-state index in [2.05, 4.69) is 13.0 Å². The number of carbonyl (C=O) groups excluding carboxylic acids is 1. The molecule has 0 bridgehead atoms. The Bertz CT molecular complexity index is 261. The van der Waals surface area contributed by atoms with Crippen LogP contribution < -0.4 is 5.06 Å². The van der Waals surface area contributed by atoms with Crippen LogP contribution in [-0.4, -0.2) is 13.0 Å². The number of anilines is 1. The second kappa shape index (κ2) is 6.16. The first-order valence-electron chi connectivity index (χ1n) is 4.72. The van der Waals surface area contributed by atoms with Crippen LogP contribution in [0.4, 0.5) is 5.69 Å². The van der Waals surface area contributed by atoms with Gasteiger partial charge >= 0.3 is 0 Å². The van der Waals surface area contributed by atoms with Gasteiger partial charge in [-0.15, -0.1) is 0 Å². The summed E-state index contributed by atoms with van der Waals surface area (Å²) in [5.74, 6) is 0. The highest BCUT2D eigenvalue weighted by molar-refractivity contribution is 5.71. The summed E-state index contributed by atoms with van der Waals surface area (Å²) < 4.78 is 0. The van der Waals surface area contributed by atoms with Gasteiger partial charge in [-0.3, -0.25) is 9.63 Å². The predicted molar refractivity (Wildman–Crippen MR) is 54.7 cm³/mol. The highest BCUT2D eigenvalue weighted by atomic mass is 16.7. The summed E-state index contributed by atoms with van der Waals surface area (Å²) in [6, 6.07) is 10.1. The van der Waals surface area contributed by atoms with E-state index in [1.807, 2.05) is 12.1 Å². The molecule has 3 heteroatoms. The predicted octanol–water partition coefficient (Wildman–Crippen LogP) is 2.18. The average Bonchev–Trinajstić information content (AvgIpc) is 2.26. The topological polar surface area (TPSA) is 29.5 Å². The molecule has 14 heavy (non-hydrogen) atoms. The molecule has 0 saturated heterocycles. The summed E-state index contributed by atoms with van der Waals surface area (Å²) in [6.07, 6.45) is 2.64. The van der Waals surface area contributed by atoms with Gasteiger partial charge in [0.25, 0.3) is 0 Å². The molecular weight excluding hydrogens is 178 g/mol. The molecular formula is C11H14NO2. The fraction of sp³-hybridized carbons (Fsp3) is 0.364. The summed E-state index contributed by atoms with van der Waals surface area (Å²) in [6.45, 7) is 2.63. The summed E-state index contributed by atoms with van der Waals surface area (Å²) in [7, 11) is 0. The van der Waals surface area contributed by atoms with Crippen molar-refractivity contribution >= 4 is 12.1 Å². The third-order valence-corrected chi connectivity index (χ3v) is 1.75. The Labute approximate surface area is 84.2 Å². The Morgan fingerprint density at radius 2 is 2.43 bits per heavy atom. The fourth-order valence-corrected chi connectivity index (χ4v) is 0.985. The number of hydroxylamine groups is 1. The molecule has 0 heterocycles. The van der Waals surface area contributed by atoms with Gasteiger partial charge in [0.2, 0.25) is 6.41 Å². The van der Waals surface area contributed by atoms with Crippen LogP contribution in [0.3, 0.4) is 0 Å². The van der Waals surface area contributed by atoms with E-state index in [0.29, 0.717) is 18.7 Å². The van der Waals surface area contributed by atoms with Crippen molar-refractivity contribution < 1.29 is 9.63 Å². The van der Waals surface area contributed by atoms with Crippen molar-refractivity contribution in [2.45, 2.75) is 19.8 Å². The summed E-state index contributed by atoms with van der Waals surface area (Å²) in [5.41, 5.74) is 0.638. The van der Waals surface area contributed by atoms with Crippen LogP contribution in [0.25, 0.3) is 0 Å². The van der Waals surface area contributed by atoms with Crippen molar-refractivity contribution in [3.05, 3.63) is 30.3 Å². The molecule has 0 aliphatic carbocycles. The minimum atomic E-state index is 0.554. The van der Waals surface area contributed by atoms with Crippen LogP contribution in [0.15, 0.2) is 24.3 Å². The lowest BCUT2D eigenvalue weighted by molar-refractivity contribution is -0.114. The molecule has 75 valence electrons. The van der Waals surface area contributed by atoms with E-state index in [1.165, 1.54) is 5.06 Å². The summed E-state index contributed by atoms with van der Waals surface area (Å²) in [4.78, 5) is 15.9. The zero-order valence-corrected chi connectivity index (χ0v) is 8.27. The zero-order valence-electron chi connectivity index (χ0n) is 8.27. The molecule has 0 aromatic heterocycles. The molecule has 0 spiro atoms. The SMILES string of the molecule is CCCCON(C=O)c1[c]cccc1. The van der Waals surface area contributed by atoms with E-state index in [1.54, 1.807) is 12.1 Å². The number of benzene rings is 1. The highest BCUT2D eigenvalue weighted by Gasteiger charge is 2.03. The van der Waals surface area contributed by atoms with E-state index in [-0.39, 0.29) is 0 Å². The Morgan fingerprint density at radius 3 is 3.00 bits per heavy atom. The first-order valence-corrected chi connectivity index (χ1v) is 4.72. The minimum Gasteiger partial charge on any atom is -0.276 e. The number of unbranched alkanes of at least 4 members (excludes halogenated alkanes) is 1. The van der Waals surface area contributed by atoms with E-state index in [9.17, 15) is 4.79 Å². The van der Waals surface area contributed by atoms with Crippen LogP contribution in [0, 0.1) is 6.07 Å². The Kier molecular flexibility index (Phi) is 4.72. The van der Waals surface area contributed by atoms with Crippen molar-refractivity contribution in [2.24, 2.45) is 0 Å². The number of para-hydroxylation sites is 1. The van der Waals surface area contributed by atoms with E-state index < -0.39 is 0 Å². The quantitative estimate of drug-likeness (QED) is 0.393. The van der Waals surface area contributed by atoms with Gasteiger partial charge in [-0.25, -0.2) is 0 Å².